The van der Waals surface area contributed by atoms with Crippen LogP contribution in [0.15, 0.2) is 60.9 Å². The van der Waals surface area contributed by atoms with Crippen molar-refractivity contribution in [3.05, 3.63) is 77.9 Å². The highest BCUT2D eigenvalue weighted by Gasteiger charge is 2.31. The molecule has 6 nitrogen and oxygen atoms in total. The lowest BCUT2D eigenvalue weighted by Gasteiger charge is -2.24. The van der Waals surface area contributed by atoms with Crippen LogP contribution in [-0.4, -0.2) is 32.3 Å². The number of nitrogens with zero attached hydrogens (tertiary/aromatic N) is 4. The number of aromatic nitrogens is 3. The van der Waals surface area contributed by atoms with Gasteiger partial charge in [-0.15, -0.1) is 0 Å². The maximum absolute atomic E-state index is 12.9. The number of pyridine rings is 3. The Balaban J connectivity index is 1.56. The van der Waals surface area contributed by atoms with E-state index in [1.807, 2.05) is 48.2 Å². The van der Waals surface area contributed by atoms with Crippen LogP contribution in [0.3, 0.4) is 0 Å². The number of hydrogen-bond donors (Lipinski definition) is 1. The Morgan fingerprint density at radius 1 is 1.07 bits per heavy atom. The molecule has 27 heavy (non-hydrogen) atoms. The van der Waals surface area contributed by atoms with Gasteiger partial charge in [0.1, 0.15) is 11.6 Å². The van der Waals surface area contributed by atoms with Gasteiger partial charge in [0.15, 0.2) is 0 Å². The number of aryl methyl sites for hydroxylation is 1. The van der Waals surface area contributed by atoms with Gasteiger partial charge in [-0.25, -0.2) is 9.97 Å². The molecular weight excluding hydrogens is 338 g/mol. The van der Waals surface area contributed by atoms with Crippen LogP contribution in [-0.2, 0) is 0 Å². The topological polar surface area (TPSA) is 71.0 Å². The molecule has 0 unspecified atom stereocenters. The van der Waals surface area contributed by atoms with Gasteiger partial charge in [-0.3, -0.25) is 9.78 Å². The van der Waals surface area contributed by atoms with E-state index >= 15 is 0 Å². The van der Waals surface area contributed by atoms with Crippen molar-refractivity contribution in [1.82, 2.24) is 19.9 Å². The summed E-state index contributed by atoms with van der Waals surface area (Å²) in [6, 6.07) is 15.3. The lowest BCUT2D eigenvalue weighted by molar-refractivity contribution is 0.0732. The van der Waals surface area contributed by atoms with E-state index in [2.05, 4.69) is 15.3 Å². The third kappa shape index (κ3) is 3.79. The van der Waals surface area contributed by atoms with E-state index in [4.69, 9.17) is 4.98 Å². The second-order valence-corrected chi connectivity index (χ2v) is 6.64. The van der Waals surface area contributed by atoms with Crippen LogP contribution in [0.5, 0.6) is 0 Å². The number of carbonyl (C=O) groups is 1. The Morgan fingerprint density at radius 2 is 1.89 bits per heavy atom. The molecule has 0 spiro atoms. The molecule has 4 heterocycles. The maximum Gasteiger partial charge on any atom is 0.255 e. The molecule has 6 heteroatoms. The van der Waals surface area contributed by atoms with E-state index in [0.717, 1.165) is 42.4 Å². The molecule has 0 aliphatic carbocycles. The SMILES string of the molecule is Cc1cccc(Nc2cccc([C@@H]3CCCN3C(=O)c3cccnc3)n2)n1. The van der Waals surface area contributed by atoms with E-state index in [1.54, 1.807) is 24.5 Å². The molecule has 1 N–H and O–H groups in total. The van der Waals surface area contributed by atoms with Crippen molar-refractivity contribution in [2.75, 3.05) is 11.9 Å². The van der Waals surface area contributed by atoms with E-state index < -0.39 is 0 Å². The van der Waals surface area contributed by atoms with E-state index in [1.165, 1.54) is 0 Å². The average Bonchev–Trinajstić information content (AvgIpc) is 3.18. The molecule has 3 aromatic rings. The van der Waals surface area contributed by atoms with Crippen LogP contribution in [0.1, 0.15) is 40.6 Å². The summed E-state index contributed by atoms with van der Waals surface area (Å²) < 4.78 is 0. The molecule has 0 aromatic carbocycles. The fraction of sp³-hybridized carbons (Fsp3) is 0.238. The number of nitrogens with one attached hydrogen (secondary N) is 1. The van der Waals surface area contributed by atoms with Gasteiger partial charge < -0.3 is 10.2 Å². The first-order valence-electron chi connectivity index (χ1n) is 9.09. The summed E-state index contributed by atoms with van der Waals surface area (Å²) >= 11 is 0. The molecule has 1 saturated heterocycles. The quantitative estimate of drug-likeness (QED) is 0.765. The molecule has 0 bridgehead atoms. The lowest BCUT2D eigenvalue weighted by Crippen LogP contribution is -2.31. The monoisotopic (exact) mass is 359 g/mol. The fourth-order valence-corrected chi connectivity index (χ4v) is 3.42. The molecule has 1 amide bonds. The van der Waals surface area contributed by atoms with Crippen molar-refractivity contribution in [3.63, 3.8) is 0 Å². The fourth-order valence-electron chi connectivity index (χ4n) is 3.42. The minimum Gasteiger partial charge on any atom is -0.330 e. The van der Waals surface area contributed by atoms with Gasteiger partial charge in [0.05, 0.1) is 17.3 Å². The maximum atomic E-state index is 12.9. The van der Waals surface area contributed by atoms with Gasteiger partial charge in [0.25, 0.3) is 5.91 Å². The molecule has 0 saturated carbocycles. The van der Waals surface area contributed by atoms with Gasteiger partial charge in [0, 0.05) is 24.6 Å². The third-order valence-corrected chi connectivity index (χ3v) is 4.68. The minimum atomic E-state index is -0.0232. The van der Waals surface area contributed by atoms with E-state index in [-0.39, 0.29) is 11.9 Å². The zero-order valence-corrected chi connectivity index (χ0v) is 15.2. The molecule has 1 aliphatic rings. The summed E-state index contributed by atoms with van der Waals surface area (Å²) in [5.41, 5.74) is 2.45. The molecule has 4 rings (SSSR count). The van der Waals surface area contributed by atoms with Gasteiger partial charge >= 0.3 is 0 Å². The van der Waals surface area contributed by atoms with Crippen molar-refractivity contribution in [3.8, 4) is 0 Å². The van der Waals surface area contributed by atoms with Crippen molar-refractivity contribution in [2.45, 2.75) is 25.8 Å². The number of carbonyl (C=O) groups excluding carboxylic acids is 1. The summed E-state index contributed by atoms with van der Waals surface area (Å²) in [4.78, 5) is 28.0. The number of rotatable bonds is 4. The van der Waals surface area contributed by atoms with Crippen molar-refractivity contribution in [2.24, 2.45) is 0 Å². The Morgan fingerprint density at radius 3 is 2.67 bits per heavy atom. The van der Waals surface area contributed by atoms with Gasteiger partial charge in [-0.1, -0.05) is 12.1 Å². The van der Waals surface area contributed by atoms with Crippen molar-refractivity contribution in [1.29, 1.82) is 0 Å². The van der Waals surface area contributed by atoms with Crippen molar-refractivity contribution >= 4 is 17.5 Å². The first-order valence-corrected chi connectivity index (χ1v) is 9.09. The molecule has 136 valence electrons. The third-order valence-electron chi connectivity index (χ3n) is 4.68. The van der Waals surface area contributed by atoms with Crippen LogP contribution in [0, 0.1) is 6.92 Å². The predicted octanol–water partition coefficient (Wildman–Crippen LogP) is 3.90. The lowest BCUT2D eigenvalue weighted by atomic mass is 10.1. The number of amides is 1. The summed E-state index contributed by atoms with van der Waals surface area (Å²) in [5, 5.41) is 3.25. The smallest absolute Gasteiger partial charge is 0.255 e. The number of likely N-dealkylation sites (tertiary alicyclic amines) is 1. The second kappa shape index (κ2) is 7.53. The molecule has 1 aliphatic heterocycles. The summed E-state index contributed by atoms with van der Waals surface area (Å²) in [5.74, 6) is 1.49. The molecular formula is C21H21N5O. The first-order chi connectivity index (χ1) is 13.2. The normalized spacial score (nSPS) is 16.3. The van der Waals surface area contributed by atoms with E-state index in [0.29, 0.717) is 5.56 Å². The number of anilines is 2. The molecule has 1 atom stereocenters. The van der Waals surface area contributed by atoms with Crippen LogP contribution < -0.4 is 5.32 Å². The van der Waals surface area contributed by atoms with E-state index in [9.17, 15) is 4.79 Å². The Bertz CT molecular complexity index is 944. The molecule has 3 aromatic heterocycles. The Kier molecular flexibility index (Phi) is 4.78. The van der Waals surface area contributed by atoms with Gasteiger partial charge in [-0.2, -0.15) is 0 Å². The zero-order valence-electron chi connectivity index (χ0n) is 15.2. The van der Waals surface area contributed by atoms with Gasteiger partial charge in [0.2, 0.25) is 0 Å². The van der Waals surface area contributed by atoms with Crippen molar-refractivity contribution < 1.29 is 4.79 Å². The highest BCUT2D eigenvalue weighted by molar-refractivity contribution is 5.94. The number of hydrogen-bond acceptors (Lipinski definition) is 5. The molecule has 1 fully saturated rings. The highest BCUT2D eigenvalue weighted by Crippen LogP contribution is 2.32. The summed E-state index contributed by atoms with van der Waals surface area (Å²) in [6.45, 7) is 2.69. The Hall–Kier alpha value is -3.28. The summed E-state index contributed by atoms with van der Waals surface area (Å²) in [6.07, 6.45) is 5.17. The average molecular weight is 359 g/mol. The van der Waals surface area contributed by atoms with Crippen LogP contribution in [0.25, 0.3) is 0 Å². The first kappa shape index (κ1) is 17.1. The summed E-state index contributed by atoms with van der Waals surface area (Å²) in [7, 11) is 0. The Labute approximate surface area is 158 Å². The largest absolute Gasteiger partial charge is 0.330 e. The van der Waals surface area contributed by atoms with Crippen LogP contribution in [0.4, 0.5) is 11.6 Å². The van der Waals surface area contributed by atoms with Crippen LogP contribution >= 0.6 is 0 Å². The minimum absolute atomic E-state index is 0.00566. The zero-order chi connectivity index (χ0) is 18.6. The standard InChI is InChI=1S/C21H21N5O/c1-15-6-2-10-19(23-15)25-20-11-3-8-17(24-20)18-9-5-13-26(18)21(27)16-7-4-12-22-14-16/h2-4,6-8,10-12,14,18H,5,9,13H2,1H3,(H,23,24,25)/t18-/m0/s1. The predicted molar refractivity (Wildman–Crippen MR) is 104 cm³/mol. The second-order valence-electron chi connectivity index (χ2n) is 6.64. The van der Waals surface area contributed by atoms with Crippen LogP contribution in [0.2, 0.25) is 0 Å². The highest BCUT2D eigenvalue weighted by atomic mass is 16.2. The van der Waals surface area contributed by atoms with Gasteiger partial charge in [-0.05, 0) is 56.2 Å². The molecule has 0 radical (unpaired) electrons.